The average molecular weight is 1270 g/mol. The van der Waals surface area contributed by atoms with Gasteiger partial charge in [-0.1, -0.05) is 344 Å². The lowest BCUT2D eigenvalue weighted by molar-refractivity contribution is -0.870. The van der Waals surface area contributed by atoms with Crippen molar-refractivity contribution in [2.45, 2.75) is 367 Å². The second-order valence-electron chi connectivity index (χ2n) is 26.8. The fraction of sp³-hybridized carbons (Fsp3) is 0.797. The third-order valence-electron chi connectivity index (χ3n) is 16.8. The molecule has 1 amide bonds. The quantitative estimate of drug-likeness (QED) is 0.0205. The standard InChI is InChI=1S/C79H145N2O7P/c1-7-10-13-16-19-22-25-28-30-32-34-36-38-39-40-41-43-44-46-48-50-53-56-59-62-65-68-71-78(82)80-76(75-87-89(84,85)86-74-73-81(4,5)6)77(70-67-64-61-58-55-52-27-24-21-18-15-12-9-3)88-79(83)72-69-66-63-60-57-54-51-49-47-45-42-37-35-33-31-29-26-23-20-17-14-11-8-2/h11,14,20,23,29,31,35,37,45,47,51,54,67,70,76-77H,7-10,12-13,15-19,21-22,24-28,30,32-34,36,38-44,46,48-50,52-53,55-66,68-69,71-75H2,1-6H3,(H-,80,82,84,85)/p+1/b14-11-,23-20-,31-29-,37-35-,47-45-,54-51-,70-67+. The van der Waals surface area contributed by atoms with Gasteiger partial charge in [-0.2, -0.15) is 0 Å². The lowest BCUT2D eigenvalue weighted by atomic mass is 10.0. The summed E-state index contributed by atoms with van der Waals surface area (Å²) < 4.78 is 30.9. The third kappa shape index (κ3) is 69.4. The zero-order valence-corrected chi connectivity index (χ0v) is 60.3. The molecule has 0 bridgehead atoms. The van der Waals surface area contributed by atoms with Crippen molar-refractivity contribution < 1.29 is 37.3 Å². The number of rotatable bonds is 69. The molecule has 3 unspecified atom stereocenters. The largest absolute Gasteiger partial charge is 0.472 e. The molecule has 0 aromatic rings. The maximum Gasteiger partial charge on any atom is 0.472 e. The minimum atomic E-state index is -4.47. The molecule has 0 heterocycles. The Hall–Kier alpha value is -2.81. The van der Waals surface area contributed by atoms with Gasteiger partial charge in [0, 0.05) is 12.8 Å². The Kier molecular flexibility index (Phi) is 65.9. The van der Waals surface area contributed by atoms with E-state index in [-0.39, 0.29) is 31.5 Å². The second-order valence-corrected chi connectivity index (χ2v) is 28.3. The zero-order chi connectivity index (χ0) is 64.9. The molecule has 2 N–H and O–H groups in total. The number of esters is 1. The highest BCUT2D eigenvalue weighted by Crippen LogP contribution is 2.43. The molecular weight excluding hydrogens is 1120 g/mol. The van der Waals surface area contributed by atoms with E-state index in [0.29, 0.717) is 23.9 Å². The zero-order valence-electron chi connectivity index (χ0n) is 59.4. The number of ether oxygens (including phenoxy) is 1. The van der Waals surface area contributed by atoms with Gasteiger partial charge in [0.15, 0.2) is 0 Å². The normalized spacial score (nSPS) is 13.9. The van der Waals surface area contributed by atoms with Gasteiger partial charge in [-0.05, 0) is 83.1 Å². The first-order valence-electron chi connectivity index (χ1n) is 37.9. The topological polar surface area (TPSA) is 111 Å². The van der Waals surface area contributed by atoms with Crippen LogP contribution in [0.15, 0.2) is 85.1 Å². The van der Waals surface area contributed by atoms with Crippen LogP contribution in [0.1, 0.15) is 355 Å². The molecule has 0 aromatic carbocycles. The highest BCUT2D eigenvalue weighted by atomic mass is 31.2. The summed E-state index contributed by atoms with van der Waals surface area (Å²) in [6, 6.07) is -0.863. The Morgan fingerprint density at radius 3 is 1.08 bits per heavy atom. The van der Waals surface area contributed by atoms with E-state index < -0.39 is 20.0 Å². The number of phosphoric acid groups is 1. The summed E-state index contributed by atoms with van der Waals surface area (Å²) in [7, 11) is 1.49. The van der Waals surface area contributed by atoms with E-state index in [1.807, 2.05) is 33.3 Å². The van der Waals surface area contributed by atoms with Crippen molar-refractivity contribution >= 4 is 19.7 Å². The fourth-order valence-corrected chi connectivity index (χ4v) is 11.8. The minimum Gasteiger partial charge on any atom is -0.456 e. The highest BCUT2D eigenvalue weighted by molar-refractivity contribution is 7.47. The van der Waals surface area contributed by atoms with Crippen molar-refractivity contribution in [3.63, 3.8) is 0 Å². The summed E-state index contributed by atoms with van der Waals surface area (Å²) in [5.41, 5.74) is 0. The summed E-state index contributed by atoms with van der Waals surface area (Å²) in [6.45, 7) is 6.93. The van der Waals surface area contributed by atoms with Crippen LogP contribution >= 0.6 is 7.82 Å². The number of nitrogens with zero attached hydrogens (tertiary/aromatic N) is 1. The lowest BCUT2D eigenvalue weighted by Crippen LogP contribution is -2.47. The molecule has 3 atom stereocenters. The summed E-state index contributed by atoms with van der Waals surface area (Å²) in [4.78, 5) is 38.0. The van der Waals surface area contributed by atoms with Crippen molar-refractivity contribution in [1.82, 2.24) is 5.32 Å². The predicted molar refractivity (Wildman–Crippen MR) is 388 cm³/mol. The Balaban J connectivity index is 5.05. The van der Waals surface area contributed by atoms with E-state index in [1.54, 1.807) is 0 Å². The molecule has 518 valence electrons. The van der Waals surface area contributed by atoms with Crippen LogP contribution in [0.5, 0.6) is 0 Å². The summed E-state index contributed by atoms with van der Waals surface area (Å²) in [5, 5.41) is 3.07. The Bertz CT molecular complexity index is 1800. The first kappa shape index (κ1) is 86.2. The van der Waals surface area contributed by atoms with Gasteiger partial charge in [0.05, 0.1) is 33.8 Å². The van der Waals surface area contributed by atoms with E-state index >= 15 is 0 Å². The molecule has 0 saturated carbocycles. The van der Waals surface area contributed by atoms with Gasteiger partial charge in [0.2, 0.25) is 5.91 Å². The van der Waals surface area contributed by atoms with Crippen LogP contribution in [-0.2, 0) is 27.9 Å². The molecule has 0 spiro atoms. The molecule has 0 aliphatic carbocycles. The summed E-state index contributed by atoms with van der Waals surface area (Å²) in [6.07, 6.45) is 91.8. The molecule has 0 aliphatic rings. The van der Waals surface area contributed by atoms with Crippen LogP contribution in [0.25, 0.3) is 0 Å². The van der Waals surface area contributed by atoms with Crippen LogP contribution < -0.4 is 5.32 Å². The number of unbranched alkanes of at least 4 members (excludes halogenated alkanes) is 41. The van der Waals surface area contributed by atoms with Crippen molar-refractivity contribution in [2.75, 3.05) is 40.9 Å². The first-order valence-corrected chi connectivity index (χ1v) is 39.4. The summed E-state index contributed by atoms with van der Waals surface area (Å²) >= 11 is 0. The number of quaternary nitrogens is 1. The first-order chi connectivity index (χ1) is 43.4. The SMILES string of the molecule is CC/C=C\C/C=C\C/C=C\C/C=C\C/C=C\C/C=C\CCCCCCC(=O)OC(/C=C/CCCCCCCCCCCCC)C(COP(=O)(O)OCC[N+](C)(C)C)NC(=O)CCCCCCCCCCCCCCCCCCCCCCCCCCCCC. The Morgan fingerprint density at radius 2 is 0.719 bits per heavy atom. The maximum atomic E-state index is 13.7. The van der Waals surface area contributed by atoms with Gasteiger partial charge < -0.3 is 19.4 Å². The van der Waals surface area contributed by atoms with Crippen molar-refractivity contribution in [3.05, 3.63) is 85.1 Å². The van der Waals surface area contributed by atoms with Crippen LogP contribution in [0.3, 0.4) is 0 Å². The lowest BCUT2D eigenvalue weighted by Gasteiger charge is -2.27. The van der Waals surface area contributed by atoms with Gasteiger partial charge in [0.1, 0.15) is 19.3 Å². The number of allylic oxidation sites excluding steroid dienone is 13. The molecule has 89 heavy (non-hydrogen) atoms. The van der Waals surface area contributed by atoms with Gasteiger partial charge in [0.25, 0.3) is 0 Å². The van der Waals surface area contributed by atoms with E-state index in [9.17, 15) is 19.0 Å². The summed E-state index contributed by atoms with van der Waals surface area (Å²) in [5.74, 6) is -0.522. The molecule has 0 radical (unpaired) electrons. The number of carbonyl (C=O) groups excluding carboxylic acids is 2. The molecule has 0 aromatic heterocycles. The van der Waals surface area contributed by atoms with Gasteiger partial charge in [-0.3, -0.25) is 18.6 Å². The fourth-order valence-electron chi connectivity index (χ4n) is 11.1. The Labute approximate surface area is 552 Å². The minimum absolute atomic E-state index is 0.0343. The number of hydrogen-bond acceptors (Lipinski definition) is 6. The van der Waals surface area contributed by atoms with Crippen molar-refractivity contribution in [2.24, 2.45) is 0 Å². The second kappa shape index (κ2) is 68.1. The smallest absolute Gasteiger partial charge is 0.456 e. The van der Waals surface area contributed by atoms with E-state index in [1.165, 1.54) is 212 Å². The molecule has 0 rings (SSSR count). The third-order valence-corrected chi connectivity index (χ3v) is 17.8. The van der Waals surface area contributed by atoms with Gasteiger partial charge in [-0.25, -0.2) is 4.57 Å². The Morgan fingerprint density at radius 1 is 0.404 bits per heavy atom. The van der Waals surface area contributed by atoms with E-state index in [0.717, 1.165) is 103 Å². The number of phosphoric ester groups is 1. The monoisotopic (exact) mass is 1270 g/mol. The van der Waals surface area contributed by atoms with Crippen molar-refractivity contribution in [3.8, 4) is 0 Å². The number of hydrogen-bond donors (Lipinski definition) is 2. The van der Waals surface area contributed by atoms with Crippen LogP contribution in [0, 0.1) is 0 Å². The molecule has 10 heteroatoms. The van der Waals surface area contributed by atoms with E-state index in [4.69, 9.17) is 13.8 Å². The predicted octanol–water partition coefficient (Wildman–Crippen LogP) is 24.5. The van der Waals surface area contributed by atoms with Crippen LogP contribution in [0.4, 0.5) is 0 Å². The van der Waals surface area contributed by atoms with Crippen LogP contribution in [-0.4, -0.2) is 74.3 Å². The average Bonchev–Trinajstić information content (AvgIpc) is 3.57. The van der Waals surface area contributed by atoms with Gasteiger partial charge in [-0.15, -0.1) is 0 Å². The number of carbonyl (C=O) groups is 2. The molecule has 0 saturated heterocycles. The van der Waals surface area contributed by atoms with E-state index in [2.05, 4.69) is 99.0 Å². The van der Waals surface area contributed by atoms with Crippen LogP contribution in [0.2, 0.25) is 0 Å². The maximum absolute atomic E-state index is 13.7. The number of likely N-dealkylation sites (N-methyl/N-ethyl adjacent to an activating group) is 1. The van der Waals surface area contributed by atoms with Gasteiger partial charge >= 0.3 is 13.8 Å². The van der Waals surface area contributed by atoms with Crippen molar-refractivity contribution in [1.29, 1.82) is 0 Å². The molecule has 0 aliphatic heterocycles. The highest BCUT2D eigenvalue weighted by Gasteiger charge is 2.30. The number of nitrogens with one attached hydrogen (secondary N) is 1. The molecule has 0 fully saturated rings. The molecule has 9 nitrogen and oxygen atoms in total. The number of amides is 1. The molecular formula is C79H146N2O7P+.